The van der Waals surface area contributed by atoms with Crippen molar-refractivity contribution in [2.45, 2.75) is 64.7 Å². The molecule has 0 amide bonds. The first-order chi connectivity index (χ1) is 12.1. The molecule has 0 aromatic heterocycles. The van der Waals surface area contributed by atoms with Gasteiger partial charge in [0.05, 0.1) is 15.9 Å². The van der Waals surface area contributed by atoms with Crippen LogP contribution in [0.15, 0.2) is 23.3 Å². The molecule has 0 heterocycles. The molecule has 0 aliphatic carbocycles. The zero-order chi connectivity index (χ0) is 18.5. The molecule has 138 valence electrons. The minimum Gasteiger partial charge on any atom is -0.272 e. The predicted molar refractivity (Wildman–Crippen MR) is 99.1 cm³/mol. The summed E-state index contributed by atoms with van der Waals surface area (Å²) < 4.78 is 0. The molecule has 0 saturated carbocycles. The smallest absolute Gasteiger partial charge is 0.272 e. The highest BCUT2D eigenvalue weighted by Gasteiger charge is 2.18. The number of nitrogens with one attached hydrogen (secondary N) is 1. The van der Waals surface area contributed by atoms with Gasteiger partial charge >= 0.3 is 5.69 Å². The quantitative estimate of drug-likeness (QED) is 0.221. The van der Waals surface area contributed by atoms with Crippen molar-refractivity contribution in [1.29, 1.82) is 0 Å². The van der Waals surface area contributed by atoms with E-state index < -0.39 is 9.85 Å². The van der Waals surface area contributed by atoms with Gasteiger partial charge in [-0.15, -0.1) is 0 Å². The van der Waals surface area contributed by atoms with Gasteiger partial charge < -0.3 is 0 Å². The van der Waals surface area contributed by atoms with Gasteiger partial charge in [0.25, 0.3) is 5.69 Å². The number of hydrazone groups is 1. The van der Waals surface area contributed by atoms with Crippen molar-refractivity contribution >= 4 is 23.3 Å². The lowest BCUT2D eigenvalue weighted by Crippen LogP contribution is -1.98. The normalized spacial score (nSPS) is 10.9. The maximum absolute atomic E-state index is 11.0. The van der Waals surface area contributed by atoms with Crippen molar-refractivity contribution in [2.75, 3.05) is 5.43 Å². The zero-order valence-electron chi connectivity index (χ0n) is 14.6. The van der Waals surface area contributed by atoms with Crippen LogP contribution in [0.4, 0.5) is 17.1 Å². The van der Waals surface area contributed by atoms with Gasteiger partial charge in [0.1, 0.15) is 5.69 Å². The van der Waals surface area contributed by atoms with Crippen LogP contribution in [0.2, 0.25) is 0 Å². The van der Waals surface area contributed by atoms with E-state index in [0.717, 1.165) is 25.3 Å². The van der Waals surface area contributed by atoms with Crippen molar-refractivity contribution in [3.8, 4) is 0 Å². The number of nitrogens with zero attached hydrogens (tertiary/aromatic N) is 3. The molecule has 25 heavy (non-hydrogen) atoms. The highest BCUT2D eigenvalue weighted by atomic mass is 16.6. The number of nitro groups is 2. The monoisotopic (exact) mass is 350 g/mol. The molecule has 0 radical (unpaired) electrons. The van der Waals surface area contributed by atoms with Crippen LogP contribution in [0.5, 0.6) is 0 Å². The molecule has 8 heteroatoms. The zero-order valence-corrected chi connectivity index (χ0v) is 14.6. The minimum atomic E-state index is -0.664. The largest absolute Gasteiger partial charge is 0.301 e. The van der Waals surface area contributed by atoms with E-state index in [1.807, 2.05) is 0 Å². The van der Waals surface area contributed by atoms with E-state index in [0.29, 0.717) is 0 Å². The second-order valence-electron chi connectivity index (χ2n) is 5.90. The van der Waals surface area contributed by atoms with E-state index in [1.165, 1.54) is 50.7 Å². The molecule has 1 N–H and O–H groups in total. The molecule has 0 aliphatic rings. The maximum atomic E-state index is 11.0. The van der Waals surface area contributed by atoms with Gasteiger partial charge in [0, 0.05) is 12.3 Å². The molecule has 0 aliphatic heterocycles. The maximum Gasteiger partial charge on any atom is 0.301 e. The average molecular weight is 350 g/mol. The number of hydrogen-bond donors (Lipinski definition) is 1. The summed E-state index contributed by atoms with van der Waals surface area (Å²) in [5, 5.41) is 25.6. The molecule has 0 bridgehead atoms. The summed E-state index contributed by atoms with van der Waals surface area (Å²) >= 11 is 0. The van der Waals surface area contributed by atoms with Gasteiger partial charge in [0.2, 0.25) is 0 Å². The molecular formula is C17H26N4O4. The molecule has 8 nitrogen and oxygen atoms in total. The Bertz CT molecular complexity index is 590. The number of anilines is 1. The Hall–Kier alpha value is -2.51. The van der Waals surface area contributed by atoms with Gasteiger partial charge in [-0.2, -0.15) is 5.10 Å². The molecule has 0 saturated heterocycles. The molecule has 0 unspecified atom stereocenters. The summed E-state index contributed by atoms with van der Waals surface area (Å²) in [6.45, 7) is 2.21. The fourth-order valence-corrected chi connectivity index (χ4v) is 2.43. The van der Waals surface area contributed by atoms with Crippen molar-refractivity contribution < 1.29 is 9.85 Å². The fourth-order valence-electron chi connectivity index (χ4n) is 2.43. The first kappa shape index (κ1) is 20.5. The topological polar surface area (TPSA) is 111 Å². The Morgan fingerprint density at radius 2 is 1.64 bits per heavy atom. The van der Waals surface area contributed by atoms with Crippen LogP contribution in [0.25, 0.3) is 0 Å². The fraction of sp³-hybridized carbons (Fsp3) is 0.588. The highest BCUT2D eigenvalue weighted by molar-refractivity contribution is 5.67. The van der Waals surface area contributed by atoms with Crippen LogP contribution in [-0.2, 0) is 0 Å². The van der Waals surface area contributed by atoms with Gasteiger partial charge in [-0.05, 0) is 18.9 Å². The number of rotatable bonds is 13. The average Bonchev–Trinajstić information content (AvgIpc) is 2.59. The summed E-state index contributed by atoms with van der Waals surface area (Å²) in [5.74, 6) is 0. The summed E-state index contributed by atoms with van der Waals surface area (Å²) in [6, 6.07) is 3.43. The lowest BCUT2D eigenvalue weighted by Gasteiger charge is -2.02. The van der Waals surface area contributed by atoms with Crippen molar-refractivity contribution in [2.24, 2.45) is 5.10 Å². The minimum absolute atomic E-state index is 0.141. The van der Waals surface area contributed by atoms with E-state index in [9.17, 15) is 20.2 Å². The summed E-state index contributed by atoms with van der Waals surface area (Å²) in [5.41, 5.74) is 2.05. The van der Waals surface area contributed by atoms with E-state index in [2.05, 4.69) is 17.5 Å². The van der Waals surface area contributed by atoms with E-state index in [-0.39, 0.29) is 17.1 Å². The van der Waals surface area contributed by atoms with Gasteiger partial charge in [-0.25, -0.2) is 0 Å². The second kappa shape index (κ2) is 11.9. The Kier molecular flexibility index (Phi) is 9.81. The lowest BCUT2D eigenvalue weighted by molar-refractivity contribution is -0.393. The number of unbranched alkanes of at least 4 members (excludes halogenated alkanes) is 8. The molecular weight excluding hydrogens is 324 g/mol. The number of benzene rings is 1. The third-order valence-corrected chi connectivity index (χ3v) is 3.85. The van der Waals surface area contributed by atoms with E-state index >= 15 is 0 Å². The van der Waals surface area contributed by atoms with Crippen molar-refractivity contribution in [3.63, 3.8) is 0 Å². The van der Waals surface area contributed by atoms with Crippen molar-refractivity contribution in [3.05, 3.63) is 38.4 Å². The van der Waals surface area contributed by atoms with Crippen LogP contribution >= 0.6 is 0 Å². The van der Waals surface area contributed by atoms with Crippen LogP contribution in [0.3, 0.4) is 0 Å². The summed E-state index contributed by atoms with van der Waals surface area (Å²) in [7, 11) is 0. The third kappa shape index (κ3) is 8.23. The van der Waals surface area contributed by atoms with Gasteiger partial charge in [-0.1, -0.05) is 51.9 Å². The predicted octanol–water partition coefficient (Wildman–Crippen LogP) is 5.43. The van der Waals surface area contributed by atoms with Gasteiger partial charge in [-0.3, -0.25) is 25.7 Å². The molecule has 1 rings (SSSR count). The van der Waals surface area contributed by atoms with Crippen LogP contribution in [0.1, 0.15) is 64.7 Å². The first-order valence-electron chi connectivity index (χ1n) is 8.76. The standard InChI is InChI=1S/C17H26N4O4/c1-2-3-4-5-6-7-8-9-10-13-18-19-16-12-11-15(20(22)23)14-17(16)21(24)25/h11-14,19H,2-10H2,1H3/b18-13+. The van der Waals surface area contributed by atoms with Crippen LogP contribution in [0, 0.1) is 20.2 Å². The number of nitro benzene ring substituents is 2. The summed E-state index contributed by atoms with van der Waals surface area (Å²) in [4.78, 5) is 20.3. The Balaban J connectivity index is 2.32. The van der Waals surface area contributed by atoms with Crippen LogP contribution < -0.4 is 5.43 Å². The molecule has 1 aromatic rings. The molecule has 1 aromatic carbocycles. The number of hydrogen-bond acceptors (Lipinski definition) is 6. The molecule has 0 atom stereocenters. The molecule has 0 spiro atoms. The SMILES string of the molecule is CCCCCCCCCC/C=N/Nc1ccc([N+](=O)[O-])cc1[N+](=O)[O-]. The first-order valence-corrected chi connectivity index (χ1v) is 8.76. The third-order valence-electron chi connectivity index (χ3n) is 3.85. The summed E-state index contributed by atoms with van der Waals surface area (Å²) in [6.07, 6.45) is 12.3. The second-order valence-corrected chi connectivity index (χ2v) is 5.90. The lowest BCUT2D eigenvalue weighted by atomic mass is 10.1. The van der Waals surface area contributed by atoms with Gasteiger partial charge in [0.15, 0.2) is 0 Å². The van der Waals surface area contributed by atoms with Crippen molar-refractivity contribution in [1.82, 2.24) is 0 Å². The Morgan fingerprint density at radius 1 is 1.00 bits per heavy atom. The highest BCUT2D eigenvalue weighted by Crippen LogP contribution is 2.28. The van der Waals surface area contributed by atoms with E-state index in [1.54, 1.807) is 6.21 Å². The molecule has 0 fully saturated rings. The van der Waals surface area contributed by atoms with Crippen LogP contribution in [-0.4, -0.2) is 16.1 Å². The van der Waals surface area contributed by atoms with E-state index in [4.69, 9.17) is 0 Å². The Morgan fingerprint density at radius 3 is 2.24 bits per heavy atom. The number of non-ortho nitro benzene ring substituents is 1. The Labute approximate surface area is 147 Å².